The average Bonchev–Trinajstić information content (AvgIpc) is 3.21. The van der Waals surface area contributed by atoms with Crippen molar-refractivity contribution in [3.63, 3.8) is 0 Å². The van der Waals surface area contributed by atoms with Crippen LogP contribution in [-0.2, 0) is 6.61 Å². The van der Waals surface area contributed by atoms with Crippen molar-refractivity contribution in [3.8, 4) is 5.75 Å². The molecule has 1 fully saturated rings. The first-order valence-electron chi connectivity index (χ1n) is 5.93. The van der Waals surface area contributed by atoms with Crippen molar-refractivity contribution in [1.29, 1.82) is 0 Å². The van der Waals surface area contributed by atoms with Crippen LogP contribution in [0.25, 0.3) is 0 Å². The summed E-state index contributed by atoms with van der Waals surface area (Å²) < 4.78 is 5.60. The third-order valence-corrected chi connectivity index (χ3v) is 3.31. The Morgan fingerprint density at radius 2 is 2.06 bits per heavy atom. The maximum absolute atomic E-state index is 10.3. The summed E-state index contributed by atoms with van der Waals surface area (Å²) in [4.78, 5) is 0. The van der Waals surface area contributed by atoms with Crippen molar-refractivity contribution < 1.29 is 14.9 Å². The van der Waals surface area contributed by atoms with Gasteiger partial charge in [-0.1, -0.05) is 18.2 Å². The Labute approximate surface area is 101 Å². The second kappa shape index (κ2) is 5.04. The van der Waals surface area contributed by atoms with E-state index in [1.807, 2.05) is 12.1 Å². The van der Waals surface area contributed by atoms with Crippen LogP contribution in [0.3, 0.4) is 0 Å². The molecule has 0 aromatic heterocycles. The molecular weight excluding hydrogens is 218 g/mol. The minimum atomic E-state index is -0.928. The Balaban J connectivity index is 2.01. The fourth-order valence-corrected chi connectivity index (χ4v) is 1.94. The molecule has 0 saturated heterocycles. The van der Waals surface area contributed by atoms with Crippen LogP contribution < -0.4 is 10.5 Å². The van der Waals surface area contributed by atoms with Crippen LogP contribution >= 0.6 is 0 Å². The van der Waals surface area contributed by atoms with Crippen molar-refractivity contribution >= 4 is 0 Å². The molecule has 1 saturated carbocycles. The summed E-state index contributed by atoms with van der Waals surface area (Å²) in [6.45, 7) is 0.324. The lowest BCUT2D eigenvalue weighted by Gasteiger charge is -2.26. The van der Waals surface area contributed by atoms with E-state index in [0.717, 1.165) is 18.4 Å². The normalized spacial score (nSPS) is 18.8. The molecule has 0 amide bonds. The van der Waals surface area contributed by atoms with Gasteiger partial charge in [0, 0.05) is 12.1 Å². The van der Waals surface area contributed by atoms with Gasteiger partial charge in [0.2, 0.25) is 0 Å². The van der Waals surface area contributed by atoms with Crippen LogP contribution in [0.4, 0.5) is 0 Å². The van der Waals surface area contributed by atoms with E-state index in [0.29, 0.717) is 5.75 Å². The Morgan fingerprint density at radius 1 is 1.35 bits per heavy atom. The molecule has 17 heavy (non-hydrogen) atoms. The molecule has 1 aliphatic rings. The van der Waals surface area contributed by atoms with Crippen LogP contribution in [0.5, 0.6) is 5.75 Å². The van der Waals surface area contributed by atoms with Crippen LogP contribution in [-0.4, -0.2) is 29.0 Å². The van der Waals surface area contributed by atoms with Crippen LogP contribution in [0.2, 0.25) is 0 Å². The smallest absolute Gasteiger partial charge is 0.124 e. The molecule has 1 unspecified atom stereocenters. The molecule has 1 aromatic rings. The highest BCUT2D eigenvalue weighted by Crippen LogP contribution is 2.39. The molecule has 0 spiro atoms. The summed E-state index contributed by atoms with van der Waals surface area (Å²) in [5.41, 5.74) is 5.40. The van der Waals surface area contributed by atoms with Crippen molar-refractivity contribution in [2.24, 2.45) is 11.7 Å². The maximum Gasteiger partial charge on any atom is 0.124 e. The standard InChI is InChI=1S/C13H19NO3/c14-8-13(16,11-5-6-11)9-17-12-4-2-1-3-10(12)7-15/h1-4,11,15-16H,5-9,14H2. The zero-order valence-corrected chi connectivity index (χ0v) is 9.80. The molecule has 2 rings (SSSR count). The molecule has 1 aromatic carbocycles. The van der Waals surface area contributed by atoms with Gasteiger partial charge in [0.15, 0.2) is 0 Å². The van der Waals surface area contributed by atoms with E-state index < -0.39 is 5.60 Å². The molecule has 4 N–H and O–H groups in total. The summed E-state index contributed by atoms with van der Waals surface area (Å²) >= 11 is 0. The number of hydrogen-bond donors (Lipinski definition) is 3. The summed E-state index contributed by atoms with van der Waals surface area (Å²) in [5.74, 6) is 0.872. The number of aliphatic hydroxyl groups excluding tert-OH is 1. The molecule has 0 aliphatic heterocycles. The predicted molar refractivity (Wildman–Crippen MR) is 64.6 cm³/mol. The zero-order valence-electron chi connectivity index (χ0n) is 9.80. The van der Waals surface area contributed by atoms with Gasteiger partial charge in [-0.25, -0.2) is 0 Å². The second-order valence-electron chi connectivity index (χ2n) is 4.64. The van der Waals surface area contributed by atoms with Gasteiger partial charge in [-0.05, 0) is 24.8 Å². The van der Waals surface area contributed by atoms with E-state index in [2.05, 4.69) is 0 Å². The van der Waals surface area contributed by atoms with Gasteiger partial charge in [-0.15, -0.1) is 0 Å². The van der Waals surface area contributed by atoms with E-state index >= 15 is 0 Å². The molecule has 0 bridgehead atoms. The number of nitrogens with two attached hydrogens (primary N) is 1. The monoisotopic (exact) mass is 237 g/mol. The van der Waals surface area contributed by atoms with Crippen molar-refractivity contribution in [2.45, 2.75) is 25.0 Å². The first-order chi connectivity index (χ1) is 8.19. The van der Waals surface area contributed by atoms with Crippen molar-refractivity contribution in [3.05, 3.63) is 29.8 Å². The highest BCUT2D eigenvalue weighted by molar-refractivity contribution is 5.32. The van der Waals surface area contributed by atoms with E-state index in [4.69, 9.17) is 15.6 Å². The lowest BCUT2D eigenvalue weighted by molar-refractivity contribution is -0.0167. The number of hydrogen-bond acceptors (Lipinski definition) is 4. The van der Waals surface area contributed by atoms with Gasteiger partial charge in [0.1, 0.15) is 18.0 Å². The fraction of sp³-hybridized carbons (Fsp3) is 0.538. The molecule has 0 radical (unpaired) electrons. The van der Waals surface area contributed by atoms with E-state index in [1.54, 1.807) is 12.1 Å². The number of para-hydroxylation sites is 1. The Kier molecular flexibility index (Phi) is 3.66. The number of benzene rings is 1. The molecular formula is C13H19NO3. The minimum absolute atomic E-state index is 0.0688. The second-order valence-corrected chi connectivity index (χ2v) is 4.64. The van der Waals surface area contributed by atoms with Crippen molar-refractivity contribution in [1.82, 2.24) is 0 Å². The highest BCUT2D eigenvalue weighted by atomic mass is 16.5. The van der Waals surface area contributed by atoms with Gasteiger partial charge in [0.25, 0.3) is 0 Å². The van der Waals surface area contributed by atoms with Gasteiger partial charge in [0.05, 0.1) is 6.61 Å². The first kappa shape index (κ1) is 12.4. The van der Waals surface area contributed by atoms with Crippen LogP contribution in [0.15, 0.2) is 24.3 Å². The molecule has 4 nitrogen and oxygen atoms in total. The van der Waals surface area contributed by atoms with E-state index in [1.165, 1.54) is 0 Å². The summed E-state index contributed by atoms with van der Waals surface area (Å²) in [5, 5.41) is 19.4. The van der Waals surface area contributed by atoms with Crippen LogP contribution in [0, 0.1) is 5.92 Å². The zero-order chi connectivity index (χ0) is 12.3. The summed E-state index contributed by atoms with van der Waals surface area (Å²) in [6.07, 6.45) is 2.03. The molecule has 1 aliphatic carbocycles. The highest BCUT2D eigenvalue weighted by Gasteiger charge is 2.43. The Morgan fingerprint density at radius 3 is 2.65 bits per heavy atom. The number of rotatable bonds is 6. The van der Waals surface area contributed by atoms with Gasteiger partial charge in [-0.2, -0.15) is 0 Å². The van der Waals surface area contributed by atoms with Crippen molar-refractivity contribution in [2.75, 3.05) is 13.2 Å². The van der Waals surface area contributed by atoms with E-state index in [9.17, 15) is 5.11 Å². The summed E-state index contributed by atoms with van der Waals surface area (Å²) in [7, 11) is 0. The molecule has 94 valence electrons. The first-order valence-corrected chi connectivity index (χ1v) is 5.93. The molecule has 0 heterocycles. The third-order valence-electron chi connectivity index (χ3n) is 3.31. The quantitative estimate of drug-likeness (QED) is 0.679. The number of aliphatic hydroxyl groups is 2. The molecule has 1 atom stereocenters. The minimum Gasteiger partial charge on any atom is -0.490 e. The van der Waals surface area contributed by atoms with Gasteiger partial charge in [-0.3, -0.25) is 0 Å². The SMILES string of the molecule is NCC(O)(COc1ccccc1CO)C1CC1. The largest absolute Gasteiger partial charge is 0.490 e. The van der Waals surface area contributed by atoms with Gasteiger partial charge >= 0.3 is 0 Å². The topological polar surface area (TPSA) is 75.7 Å². The third kappa shape index (κ3) is 2.77. The molecule has 4 heteroatoms. The van der Waals surface area contributed by atoms with Crippen LogP contribution in [0.1, 0.15) is 18.4 Å². The van der Waals surface area contributed by atoms with Gasteiger partial charge < -0.3 is 20.7 Å². The Hall–Kier alpha value is -1.10. The lowest BCUT2D eigenvalue weighted by Crippen LogP contribution is -2.45. The maximum atomic E-state index is 10.3. The number of ether oxygens (including phenoxy) is 1. The lowest BCUT2D eigenvalue weighted by atomic mass is 9.99. The fourth-order valence-electron chi connectivity index (χ4n) is 1.94. The summed E-state index contributed by atoms with van der Waals surface area (Å²) in [6, 6.07) is 7.27. The Bertz CT molecular complexity index is 379. The predicted octanol–water partition coefficient (Wildman–Crippen LogP) is 0.657. The van der Waals surface area contributed by atoms with E-state index in [-0.39, 0.29) is 25.7 Å². The average molecular weight is 237 g/mol.